The largest absolute Gasteiger partial charge is 0.505 e. The Bertz CT molecular complexity index is 1380. The van der Waals surface area contributed by atoms with E-state index in [2.05, 4.69) is 25.2 Å². The molecule has 2 aromatic carbocycles. The molecule has 1 aliphatic carbocycles. The van der Waals surface area contributed by atoms with Gasteiger partial charge in [-0.25, -0.2) is 9.19 Å². The van der Waals surface area contributed by atoms with Crippen molar-refractivity contribution in [1.29, 1.82) is 0 Å². The van der Waals surface area contributed by atoms with E-state index in [0.29, 0.717) is 27.7 Å². The van der Waals surface area contributed by atoms with Crippen LogP contribution >= 0.6 is 0 Å². The number of nitrogens with zero attached hydrogens (tertiary/aromatic N) is 3. The average Bonchev–Trinajstić information content (AvgIpc) is 3.41. The topological polar surface area (TPSA) is 130 Å². The van der Waals surface area contributed by atoms with Crippen molar-refractivity contribution in [2.75, 3.05) is 10.0 Å². The number of nitrogens with one attached hydrogen (secondary N) is 2. The normalized spacial score (nSPS) is 14.9. The van der Waals surface area contributed by atoms with Crippen LogP contribution in [0.25, 0.3) is 23.0 Å². The lowest BCUT2D eigenvalue weighted by Crippen LogP contribution is -2.21. The molecular formula is C24H21N5O4S. The molecule has 5 rings (SSSR count). The lowest BCUT2D eigenvalue weighted by molar-refractivity contribution is -0.120. The van der Waals surface area contributed by atoms with Gasteiger partial charge >= 0.3 is 0 Å². The van der Waals surface area contributed by atoms with Gasteiger partial charge in [0.2, 0.25) is 11.7 Å². The average molecular weight is 476 g/mol. The molecule has 1 saturated carbocycles. The highest BCUT2D eigenvalue weighted by atomic mass is 32.2. The Labute approximate surface area is 197 Å². The van der Waals surface area contributed by atoms with Crippen LogP contribution in [-0.4, -0.2) is 30.3 Å². The van der Waals surface area contributed by atoms with Crippen molar-refractivity contribution in [2.45, 2.75) is 24.7 Å². The molecule has 0 saturated heterocycles. The summed E-state index contributed by atoms with van der Waals surface area (Å²) in [5, 5.41) is 16.8. The molecule has 34 heavy (non-hydrogen) atoms. The first-order valence-corrected chi connectivity index (χ1v) is 11.7. The summed E-state index contributed by atoms with van der Waals surface area (Å²) in [5.41, 5.74) is 1.87. The van der Waals surface area contributed by atoms with Crippen LogP contribution in [0.3, 0.4) is 0 Å². The maximum absolute atomic E-state index is 12.8. The summed E-state index contributed by atoms with van der Waals surface area (Å²) in [7, 11) is -1.52. The lowest BCUT2D eigenvalue weighted by atomic mass is 10.1. The number of hydrogen-bond acceptors (Lipinski definition) is 7. The number of anilines is 2. The molecule has 1 amide bonds. The van der Waals surface area contributed by atoms with Crippen LogP contribution in [-0.2, 0) is 15.8 Å². The second-order valence-electron chi connectivity index (χ2n) is 8.29. The Balaban J connectivity index is 1.26. The molecule has 0 bridgehead atoms. The number of carbonyl (C=O) groups is 1. The van der Waals surface area contributed by atoms with E-state index < -0.39 is 11.0 Å². The highest BCUT2D eigenvalue weighted by molar-refractivity contribution is 7.86. The van der Waals surface area contributed by atoms with Crippen LogP contribution in [0, 0.1) is 5.41 Å². The first-order valence-electron chi connectivity index (χ1n) is 10.6. The molecule has 0 spiro atoms. The zero-order valence-electron chi connectivity index (χ0n) is 18.2. The summed E-state index contributed by atoms with van der Waals surface area (Å²) >= 11 is 0. The van der Waals surface area contributed by atoms with Crippen LogP contribution in [0.4, 0.5) is 11.4 Å². The number of carbonyl (C=O) groups excluding carboxylic acids is 1. The minimum atomic E-state index is -1.52. The maximum Gasteiger partial charge on any atom is 0.280 e. The van der Waals surface area contributed by atoms with Gasteiger partial charge in [-0.15, -0.1) is 0 Å². The molecule has 0 aliphatic heterocycles. The van der Waals surface area contributed by atoms with Crippen LogP contribution < -0.4 is 10.0 Å². The highest BCUT2D eigenvalue weighted by Crippen LogP contribution is 2.45. The van der Waals surface area contributed by atoms with Crippen LogP contribution in [0.5, 0.6) is 5.75 Å². The van der Waals surface area contributed by atoms with E-state index in [1.807, 2.05) is 6.92 Å². The molecular weight excluding hydrogens is 454 g/mol. The molecule has 2 aromatic heterocycles. The molecule has 0 radical (unpaired) electrons. The van der Waals surface area contributed by atoms with Crippen LogP contribution in [0.15, 0.2) is 76.3 Å². The van der Waals surface area contributed by atoms with Crippen LogP contribution in [0.2, 0.25) is 0 Å². The Morgan fingerprint density at radius 2 is 1.85 bits per heavy atom. The fraction of sp³-hybridized carbons (Fsp3) is 0.167. The second-order valence-corrected chi connectivity index (χ2v) is 9.50. The van der Waals surface area contributed by atoms with Gasteiger partial charge in [0, 0.05) is 28.6 Å². The number of rotatable bonds is 7. The van der Waals surface area contributed by atoms with Gasteiger partial charge < -0.3 is 19.7 Å². The van der Waals surface area contributed by atoms with Crippen molar-refractivity contribution in [1.82, 2.24) is 15.1 Å². The Morgan fingerprint density at radius 3 is 2.59 bits per heavy atom. The van der Waals surface area contributed by atoms with Gasteiger partial charge in [0.25, 0.3) is 5.89 Å². The maximum atomic E-state index is 12.8. The summed E-state index contributed by atoms with van der Waals surface area (Å²) in [6, 6.07) is 17.1. The van der Waals surface area contributed by atoms with Gasteiger partial charge in [-0.05, 0) is 67.4 Å². The van der Waals surface area contributed by atoms with Crippen molar-refractivity contribution in [3.63, 3.8) is 0 Å². The third-order valence-electron chi connectivity index (χ3n) is 5.62. The first-order chi connectivity index (χ1) is 16.4. The Morgan fingerprint density at radius 1 is 1.09 bits per heavy atom. The van der Waals surface area contributed by atoms with Crippen molar-refractivity contribution < 1.29 is 18.6 Å². The summed E-state index contributed by atoms with van der Waals surface area (Å²) in [6.45, 7) is 1.95. The molecule has 1 atom stereocenters. The third kappa shape index (κ3) is 4.53. The monoisotopic (exact) mass is 475 g/mol. The van der Waals surface area contributed by atoms with E-state index in [1.165, 1.54) is 12.3 Å². The Kier molecular flexibility index (Phi) is 5.58. The summed E-state index contributed by atoms with van der Waals surface area (Å²) in [6.07, 6.45) is 3.31. The molecule has 1 unspecified atom stereocenters. The minimum Gasteiger partial charge on any atom is -0.505 e. The van der Waals surface area contributed by atoms with Gasteiger partial charge in [0.1, 0.15) is 16.7 Å². The van der Waals surface area contributed by atoms with E-state index in [0.717, 1.165) is 12.8 Å². The van der Waals surface area contributed by atoms with Crippen molar-refractivity contribution in [2.24, 2.45) is 5.41 Å². The zero-order valence-corrected chi connectivity index (χ0v) is 19.0. The zero-order chi connectivity index (χ0) is 23.7. The van der Waals surface area contributed by atoms with Gasteiger partial charge in [0.15, 0.2) is 5.69 Å². The van der Waals surface area contributed by atoms with E-state index in [-0.39, 0.29) is 28.7 Å². The van der Waals surface area contributed by atoms with Gasteiger partial charge in [0.05, 0.1) is 4.90 Å². The molecule has 10 heteroatoms. The predicted octanol–water partition coefficient (Wildman–Crippen LogP) is 4.38. The molecule has 3 N–H and O–H groups in total. The molecule has 2 heterocycles. The summed E-state index contributed by atoms with van der Waals surface area (Å²) < 4.78 is 21.0. The molecule has 4 aromatic rings. The highest BCUT2D eigenvalue weighted by Gasteiger charge is 2.44. The number of aromatic hydroxyl groups is 1. The summed E-state index contributed by atoms with van der Waals surface area (Å²) in [5.74, 6) is 0.368. The van der Waals surface area contributed by atoms with E-state index in [9.17, 15) is 14.1 Å². The number of hydrogen-bond donors (Lipinski definition) is 3. The summed E-state index contributed by atoms with van der Waals surface area (Å²) in [4.78, 5) is 21.2. The van der Waals surface area contributed by atoms with Crippen molar-refractivity contribution in [3.8, 4) is 28.7 Å². The SMILES string of the molecule is CC1(C(=O)Nc2cccc(NS(=O)c3ccc(-c4noc(-c5ncccc5O)n4)cc3)c2)CC1. The minimum absolute atomic E-state index is 0.00393. The number of amides is 1. The van der Waals surface area contributed by atoms with Crippen molar-refractivity contribution >= 4 is 28.3 Å². The number of benzene rings is 2. The molecule has 1 aliphatic rings. The van der Waals surface area contributed by atoms with E-state index in [1.54, 1.807) is 54.6 Å². The fourth-order valence-corrected chi connectivity index (χ4v) is 4.09. The number of pyridine rings is 1. The third-order valence-corrected chi connectivity index (χ3v) is 6.74. The van der Waals surface area contributed by atoms with Crippen LogP contribution in [0.1, 0.15) is 19.8 Å². The smallest absolute Gasteiger partial charge is 0.280 e. The first kappa shape index (κ1) is 21.8. The van der Waals surface area contributed by atoms with Gasteiger partial charge in [-0.1, -0.05) is 18.1 Å². The lowest BCUT2D eigenvalue weighted by Gasteiger charge is -2.12. The van der Waals surface area contributed by atoms with Gasteiger partial charge in [-0.2, -0.15) is 4.98 Å². The molecule has 9 nitrogen and oxygen atoms in total. The quantitative estimate of drug-likeness (QED) is 0.362. The standard InChI is InChI=1S/C24H21N5O4S/c1-24(11-12-24)23(31)26-16-4-2-5-17(14-16)29-34(32)18-9-7-15(8-10-18)21-27-22(33-28-21)20-19(30)6-3-13-25-20/h2-10,13-14,29-30H,11-12H2,1H3,(H,26,31). The molecule has 172 valence electrons. The Hall–Kier alpha value is -4.05. The fourth-order valence-electron chi connectivity index (χ4n) is 3.25. The van der Waals surface area contributed by atoms with E-state index >= 15 is 0 Å². The van der Waals surface area contributed by atoms with Crippen molar-refractivity contribution in [3.05, 3.63) is 66.9 Å². The number of aromatic nitrogens is 3. The molecule has 1 fully saturated rings. The predicted molar refractivity (Wildman–Crippen MR) is 127 cm³/mol. The second kappa shape index (κ2) is 8.71. The van der Waals surface area contributed by atoms with Gasteiger partial charge in [-0.3, -0.25) is 4.79 Å². The van der Waals surface area contributed by atoms with E-state index in [4.69, 9.17) is 4.52 Å².